The van der Waals surface area contributed by atoms with E-state index < -0.39 is 11.4 Å². The van der Waals surface area contributed by atoms with Crippen molar-refractivity contribution in [2.75, 3.05) is 29.6 Å². The quantitative estimate of drug-likeness (QED) is 0.425. The van der Waals surface area contributed by atoms with Gasteiger partial charge in [0.1, 0.15) is 5.54 Å². The van der Waals surface area contributed by atoms with Gasteiger partial charge in [0, 0.05) is 36.0 Å². The lowest BCUT2D eigenvalue weighted by molar-refractivity contribution is -0.123. The van der Waals surface area contributed by atoms with Gasteiger partial charge in [-0.1, -0.05) is 36.4 Å². The maximum absolute atomic E-state index is 14.2. The number of H-pyrrole nitrogens is 1. The molecule has 2 fully saturated rings. The van der Waals surface area contributed by atoms with E-state index in [1.54, 1.807) is 28.3 Å². The minimum atomic E-state index is -0.815. The van der Waals surface area contributed by atoms with E-state index in [2.05, 4.69) is 20.1 Å². The van der Waals surface area contributed by atoms with Crippen LogP contribution in [-0.2, 0) is 16.0 Å². The fraction of sp³-hybridized carbons (Fsp3) is 0.250. The van der Waals surface area contributed by atoms with Crippen LogP contribution in [0.1, 0.15) is 28.8 Å². The number of fused-ring (bicyclic) bond motifs is 1. The lowest BCUT2D eigenvalue weighted by Gasteiger charge is -2.43. The maximum atomic E-state index is 14.2. The molecular weight excluding hydrogens is 482 g/mol. The Kier molecular flexibility index (Phi) is 5.79. The van der Waals surface area contributed by atoms with Gasteiger partial charge >= 0.3 is 0 Å². The molecule has 0 radical (unpaired) electrons. The Morgan fingerprint density at radius 1 is 1.00 bits per heavy atom. The Morgan fingerprint density at radius 2 is 1.74 bits per heavy atom. The number of piperidine rings is 1. The summed E-state index contributed by atoms with van der Waals surface area (Å²) in [4.78, 5) is 49.3. The van der Waals surface area contributed by atoms with E-state index in [4.69, 9.17) is 5.73 Å². The third kappa shape index (κ3) is 3.94. The third-order valence-corrected chi connectivity index (χ3v) is 7.57. The third-order valence-electron chi connectivity index (χ3n) is 7.57. The van der Waals surface area contributed by atoms with Crippen LogP contribution in [0.5, 0.6) is 0 Å². The van der Waals surface area contributed by atoms with E-state index in [9.17, 15) is 14.4 Å². The molecule has 2 aliphatic rings. The molecule has 10 heteroatoms. The van der Waals surface area contributed by atoms with Crippen molar-refractivity contribution in [3.63, 3.8) is 0 Å². The van der Waals surface area contributed by atoms with Crippen LogP contribution in [0.2, 0.25) is 0 Å². The molecule has 6 rings (SSSR count). The predicted octanol–water partition coefficient (Wildman–Crippen LogP) is 2.47. The Labute approximate surface area is 219 Å². The SMILES string of the molecule is NC(=O)Cc1ccccc1N1CN(c2ccccc2)C2(CCN(C(=O)c3cnc4[nH]ncc4c3)CC2)C1=O. The summed E-state index contributed by atoms with van der Waals surface area (Å²) < 4.78 is 0. The van der Waals surface area contributed by atoms with Crippen molar-refractivity contribution in [3.05, 3.63) is 84.2 Å². The maximum Gasteiger partial charge on any atom is 0.255 e. The molecule has 0 bridgehead atoms. The first kappa shape index (κ1) is 23.7. The number of amides is 3. The fourth-order valence-corrected chi connectivity index (χ4v) is 5.64. The van der Waals surface area contributed by atoms with Gasteiger partial charge in [-0.3, -0.25) is 24.4 Å². The van der Waals surface area contributed by atoms with Crippen LogP contribution in [0, 0.1) is 0 Å². The molecule has 38 heavy (non-hydrogen) atoms. The highest BCUT2D eigenvalue weighted by Gasteiger charge is 2.54. The van der Waals surface area contributed by atoms with Crippen LogP contribution in [0.25, 0.3) is 11.0 Å². The number of benzene rings is 2. The van der Waals surface area contributed by atoms with Crippen LogP contribution < -0.4 is 15.5 Å². The summed E-state index contributed by atoms with van der Waals surface area (Å²) in [6.45, 7) is 1.19. The molecule has 4 heterocycles. The van der Waals surface area contributed by atoms with Crippen molar-refractivity contribution >= 4 is 40.1 Å². The molecule has 4 aromatic rings. The second-order valence-electron chi connectivity index (χ2n) is 9.77. The zero-order valence-corrected chi connectivity index (χ0v) is 20.7. The van der Waals surface area contributed by atoms with Crippen molar-refractivity contribution in [3.8, 4) is 0 Å². The molecule has 3 N–H and O–H groups in total. The zero-order chi connectivity index (χ0) is 26.3. The number of nitrogens with two attached hydrogens (primary N) is 1. The number of primary amides is 1. The van der Waals surface area contributed by atoms with E-state index >= 15 is 0 Å². The lowest BCUT2D eigenvalue weighted by Crippen LogP contribution is -2.57. The number of aromatic nitrogens is 3. The molecular formula is C28H27N7O3. The van der Waals surface area contributed by atoms with E-state index in [1.807, 2.05) is 54.6 Å². The van der Waals surface area contributed by atoms with Crippen molar-refractivity contribution in [2.24, 2.45) is 5.73 Å². The highest BCUT2D eigenvalue weighted by atomic mass is 16.2. The number of pyridine rings is 1. The average Bonchev–Trinajstić information content (AvgIpc) is 3.52. The first-order valence-electron chi connectivity index (χ1n) is 12.6. The lowest BCUT2D eigenvalue weighted by atomic mass is 9.85. The second kappa shape index (κ2) is 9.29. The summed E-state index contributed by atoms with van der Waals surface area (Å²) in [6.07, 6.45) is 4.20. The zero-order valence-electron chi connectivity index (χ0n) is 20.7. The number of hydrogen-bond acceptors (Lipinski definition) is 6. The highest BCUT2D eigenvalue weighted by Crippen LogP contribution is 2.42. The predicted molar refractivity (Wildman–Crippen MR) is 142 cm³/mol. The second-order valence-corrected chi connectivity index (χ2v) is 9.77. The molecule has 2 aromatic carbocycles. The van der Waals surface area contributed by atoms with E-state index in [0.29, 0.717) is 55.1 Å². The average molecular weight is 510 g/mol. The normalized spacial score (nSPS) is 16.9. The number of likely N-dealkylation sites (tertiary alicyclic amines) is 1. The standard InChI is InChI=1S/C28H27N7O3/c29-24(36)15-19-6-4-5-9-23(19)34-18-35(22-7-2-1-3-8-22)28(27(34)38)10-12-33(13-11-28)26(37)21-14-20-17-31-32-25(20)30-16-21/h1-9,14,16-17H,10-13,15,18H2,(H2,29,36)(H,30,31,32). The van der Waals surface area contributed by atoms with Gasteiger partial charge < -0.3 is 15.5 Å². The summed E-state index contributed by atoms with van der Waals surface area (Å²) in [5.41, 5.74) is 8.15. The van der Waals surface area contributed by atoms with Gasteiger partial charge in [0.25, 0.3) is 11.8 Å². The van der Waals surface area contributed by atoms with E-state index in [0.717, 1.165) is 11.1 Å². The van der Waals surface area contributed by atoms with Gasteiger partial charge in [-0.15, -0.1) is 0 Å². The van der Waals surface area contributed by atoms with Crippen LogP contribution in [0.3, 0.4) is 0 Å². The number of nitrogens with zero attached hydrogens (tertiary/aromatic N) is 5. The van der Waals surface area contributed by atoms with Gasteiger partial charge in [0.05, 0.1) is 24.8 Å². The molecule has 0 saturated carbocycles. The fourth-order valence-electron chi connectivity index (χ4n) is 5.64. The highest BCUT2D eigenvalue weighted by molar-refractivity contribution is 6.07. The van der Waals surface area contributed by atoms with Crippen LogP contribution >= 0.6 is 0 Å². The van der Waals surface area contributed by atoms with Crippen molar-refractivity contribution in [2.45, 2.75) is 24.8 Å². The smallest absolute Gasteiger partial charge is 0.255 e. The summed E-state index contributed by atoms with van der Waals surface area (Å²) in [5, 5.41) is 7.55. The Hall–Kier alpha value is -4.73. The van der Waals surface area contributed by atoms with Gasteiger partial charge in [-0.05, 0) is 42.7 Å². The Morgan fingerprint density at radius 3 is 2.50 bits per heavy atom. The number of anilines is 2. The molecule has 10 nitrogen and oxygen atoms in total. The minimum Gasteiger partial charge on any atom is -0.369 e. The molecule has 2 aromatic heterocycles. The number of nitrogens with one attached hydrogen (secondary N) is 1. The summed E-state index contributed by atoms with van der Waals surface area (Å²) >= 11 is 0. The van der Waals surface area contributed by atoms with Crippen molar-refractivity contribution in [1.82, 2.24) is 20.1 Å². The number of carbonyl (C=O) groups is 3. The minimum absolute atomic E-state index is 0.0353. The topological polar surface area (TPSA) is 129 Å². The summed E-state index contributed by atoms with van der Waals surface area (Å²) in [7, 11) is 0. The van der Waals surface area contributed by atoms with E-state index in [1.165, 1.54) is 0 Å². The molecule has 2 aliphatic heterocycles. The molecule has 192 valence electrons. The van der Waals surface area contributed by atoms with Gasteiger partial charge in [-0.2, -0.15) is 5.10 Å². The number of para-hydroxylation sites is 2. The molecule has 3 amide bonds. The molecule has 0 unspecified atom stereocenters. The van der Waals surface area contributed by atoms with Crippen LogP contribution in [-0.4, -0.2) is 63.1 Å². The molecule has 1 spiro atoms. The molecule has 2 saturated heterocycles. The van der Waals surface area contributed by atoms with Gasteiger partial charge in [-0.25, -0.2) is 4.98 Å². The van der Waals surface area contributed by atoms with Gasteiger partial charge in [0.2, 0.25) is 5.91 Å². The first-order valence-corrected chi connectivity index (χ1v) is 12.6. The largest absolute Gasteiger partial charge is 0.369 e. The summed E-state index contributed by atoms with van der Waals surface area (Å²) in [6, 6.07) is 19.0. The van der Waals surface area contributed by atoms with Crippen molar-refractivity contribution < 1.29 is 14.4 Å². The van der Waals surface area contributed by atoms with Crippen molar-refractivity contribution in [1.29, 1.82) is 0 Å². The Bertz CT molecular complexity index is 1530. The van der Waals surface area contributed by atoms with E-state index in [-0.39, 0.29) is 18.2 Å². The van der Waals surface area contributed by atoms with Crippen LogP contribution in [0.15, 0.2) is 73.1 Å². The number of carbonyl (C=O) groups excluding carboxylic acids is 3. The number of aromatic amines is 1. The number of rotatable bonds is 5. The summed E-state index contributed by atoms with van der Waals surface area (Å²) in [5.74, 6) is -0.601. The molecule has 0 atom stereocenters. The number of hydrogen-bond donors (Lipinski definition) is 2. The molecule has 0 aliphatic carbocycles. The Balaban J connectivity index is 1.30. The first-order chi connectivity index (χ1) is 18.5. The van der Waals surface area contributed by atoms with Crippen LogP contribution in [0.4, 0.5) is 11.4 Å². The van der Waals surface area contributed by atoms with Gasteiger partial charge in [0.15, 0.2) is 5.65 Å². The monoisotopic (exact) mass is 509 g/mol.